The van der Waals surface area contributed by atoms with E-state index < -0.39 is 0 Å². The Morgan fingerprint density at radius 1 is 1.38 bits per heavy atom. The first-order valence-electron chi connectivity index (χ1n) is 5.34. The van der Waals surface area contributed by atoms with Crippen LogP contribution in [-0.2, 0) is 4.79 Å². The summed E-state index contributed by atoms with van der Waals surface area (Å²) in [6, 6.07) is 0. The van der Waals surface area contributed by atoms with Gasteiger partial charge in [-0.25, -0.2) is 0 Å². The summed E-state index contributed by atoms with van der Waals surface area (Å²) in [5, 5.41) is 6.35. The van der Waals surface area contributed by atoms with Crippen LogP contribution in [0, 0.1) is 11.8 Å². The lowest BCUT2D eigenvalue weighted by atomic mass is 9.85. The monoisotopic (exact) mass is 182 g/mol. The number of carbonyl (C=O) groups is 1. The standard InChI is InChI=1S/C10H18N2O/c13-10(9-2-1-3-9)12-7-8-4-5-11-6-8/h8-9,11H,1-7H2,(H,12,13)/t8-/m0/s1. The van der Waals surface area contributed by atoms with Crippen LogP contribution in [0.1, 0.15) is 25.7 Å². The van der Waals surface area contributed by atoms with Crippen molar-refractivity contribution in [3.63, 3.8) is 0 Å². The average Bonchev–Trinajstić information content (AvgIpc) is 2.49. The molecule has 2 fully saturated rings. The van der Waals surface area contributed by atoms with Crippen LogP contribution < -0.4 is 10.6 Å². The second-order valence-corrected chi connectivity index (χ2v) is 4.23. The summed E-state index contributed by atoms with van der Waals surface area (Å²) in [6.07, 6.45) is 4.66. The molecule has 2 rings (SSSR count). The van der Waals surface area contributed by atoms with E-state index in [1.165, 1.54) is 12.8 Å². The van der Waals surface area contributed by atoms with Gasteiger partial charge in [0.25, 0.3) is 0 Å². The summed E-state index contributed by atoms with van der Waals surface area (Å²) < 4.78 is 0. The van der Waals surface area contributed by atoms with Crippen LogP contribution in [0.15, 0.2) is 0 Å². The molecule has 1 amide bonds. The molecule has 1 saturated carbocycles. The minimum Gasteiger partial charge on any atom is -0.356 e. The second-order valence-electron chi connectivity index (χ2n) is 4.23. The molecule has 2 N–H and O–H groups in total. The van der Waals surface area contributed by atoms with E-state index in [-0.39, 0.29) is 5.91 Å². The largest absolute Gasteiger partial charge is 0.356 e. The molecule has 3 heteroatoms. The molecule has 1 aliphatic heterocycles. The van der Waals surface area contributed by atoms with Crippen LogP contribution in [-0.4, -0.2) is 25.5 Å². The van der Waals surface area contributed by atoms with Crippen molar-refractivity contribution >= 4 is 5.91 Å². The van der Waals surface area contributed by atoms with Crippen molar-refractivity contribution in [2.24, 2.45) is 11.8 Å². The van der Waals surface area contributed by atoms with Gasteiger partial charge in [0.15, 0.2) is 0 Å². The molecule has 2 aliphatic rings. The molecule has 1 atom stereocenters. The van der Waals surface area contributed by atoms with E-state index in [4.69, 9.17) is 0 Å². The topological polar surface area (TPSA) is 41.1 Å². The predicted molar refractivity (Wildman–Crippen MR) is 51.3 cm³/mol. The van der Waals surface area contributed by atoms with Crippen LogP contribution in [0.2, 0.25) is 0 Å². The van der Waals surface area contributed by atoms with Gasteiger partial charge in [-0.15, -0.1) is 0 Å². The molecule has 1 saturated heterocycles. The zero-order valence-electron chi connectivity index (χ0n) is 8.01. The van der Waals surface area contributed by atoms with E-state index in [1.807, 2.05) is 0 Å². The number of carbonyl (C=O) groups excluding carboxylic acids is 1. The molecule has 0 aromatic carbocycles. The van der Waals surface area contributed by atoms with Gasteiger partial charge in [0.2, 0.25) is 5.91 Å². The fraction of sp³-hybridized carbons (Fsp3) is 0.900. The summed E-state index contributed by atoms with van der Waals surface area (Å²) in [7, 11) is 0. The highest BCUT2D eigenvalue weighted by molar-refractivity contribution is 5.79. The zero-order valence-corrected chi connectivity index (χ0v) is 8.01. The van der Waals surface area contributed by atoms with Gasteiger partial charge in [-0.3, -0.25) is 4.79 Å². The molecular formula is C10H18N2O. The summed E-state index contributed by atoms with van der Waals surface area (Å²) in [5.74, 6) is 1.30. The normalized spacial score (nSPS) is 28.5. The highest BCUT2D eigenvalue weighted by Crippen LogP contribution is 2.26. The van der Waals surface area contributed by atoms with Crippen LogP contribution >= 0.6 is 0 Å². The van der Waals surface area contributed by atoms with Gasteiger partial charge in [0.05, 0.1) is 0 Å². The van der Waals surface area contributed by atoms with Crippen molar-refractivity contribution < 1.29 is 4.79 Å². The number of nitrogens with one attached hydrogen (secondary N) is 2. The molecule has 3 nitrogen and oxygen atoms in total. The maximum Gasteiger partial charge on any atom is 0.223 e. The molecule has 0 spiro atoms. The van der Waals surface area contributed by atoms with E-state index in [9.17, 15) is 4.79 Å². The molecule has 0 aromatic rings. The molecule has 0 bridgehead atoms. The number of hydrogen-bond acceptors (Lipinski definition) is 2. The summed E-state index contributed by atoms with van der Waals surface area (Å²) in [5.41, 5.74) is 0. The molecule has 1 aliphatic carbocycles. The molecular weight excluding hydrogens is 164 g/mol. The Morgan fingerprint density at radius 3 is 2.77 bits per heavy atom. The lowest BCUT2D eigenvalue weighted by molar-refractivity contribution is -0.127. The minimum atomic E-state index is 0.290. The van der Waals surface area contributed by atoms with Crippen molar-refractivity contribution in [3.05, 3.63) is 0 Å². The van der Waals surface area contributed by atoms with E-state index in [0.717, 1.165) is 32.5 Å². The third-order valence-corrected chi connectivity index (χ3v) is 3.20. The number of amides is 1. The first kappa shape index (κ1) is 9.00. The molecule has 13 heavy (non-hydrogen) atoms. The number of rotatable bonds is 3. The first-order chi connectivity index (χ1) is 6.36. The molecule has 0 aromatic heterocycles. The average molecular weight is 182 g/mol. The third-order valence-electron chi connectivity index (χ3n) is 3.20. The van der Waals surface area contributed by atoms with Gasteiger partial charge in [-0.05, 0) is 38.3 Å². The molecule has 0 unspecified atom stereocenters. The Bertz CT molecular complexity index is 183. The van der Waals surface area contributed by atoms with Crippen LogP contribution in [0.4, 0.5) is 0 Å². The lowest BCUT2D eigenvalue weighted by Gasteiger charge is -2.24. The Hall–Kier alpha value is -0.570. The smallest absolute Gasteiger partial charge is 0.223 e. The van der Waals surface area contributed by atoms with Crippen LogP contribution in [0.5, 0.6) is 0 Å². The highest BCUT2D eigenvalue weighted by atomic mass is 16.1. The van der Waals surface area contributed by atoms with Gasteiger partial charge in [-0.1, -0.05) is 6.42 Å². The van der Waals surface area contributed by atoms with Crippen molar-refractivity contribution in [2.75, 3.05) is 19.6 Å². The van der Waals surface area contributed by atoms with Crippen molar-refractivity contribution in [3.8, 4) is 0 Å². The van der Waals surface area contributed by atoms with Gasteiger partial charge in [-0.2, -0.15) is 0 Å². The molecule has 0 radical (unpaired) electrons. The van der Waals surface area contributed by atoms with Crippen molar-refractivity contribution in [1.82, 2.24) is 10.6 Å². The van der Waals surface area contributed by atoms with Crippen LogP contribution in [0.25, 0.3) is 0 Å². The second kappa shape index (κ2) is 4.09. The minimum absolute atomic E-state index is 0.290. The van der Waals surface area contributed by atoms with Gasteiger partial charge >= 0.3 is 0 Å². The summed E-state index contributed by atoms with van der Waals surface area (Å²) >= 11 is 0. The van der Waals surface area contributed by atoms with Crippen molar-refractivity contribution in [1.29, 1.82) is 0 Å². The Balaban J connectivity index is 1.63. The Labute approximate surface area is 79.3 Å². The quantitative estimate of drug-likeness (QED) is 0.668. The summed E-state index contributed by atoms with van der Waals surface area (Å²) in [6.45, 7) is 3.07. The number of hydrogen-bond donors (Lipinski definition) is 2. The van der Waals surface area contributed by atoms with E-state index in [2.05, 4.69) is 10.6 Å². The molecule has 1 heterocycles. The summed E-state index contributed by atoms with van der Waals surface area (Å²) in [4.78, 5) is 11.5. The predicted octanol–water partition coefficient (Wildman–Crippen LogP) is 0.512. The van der Waals surface area contributed by atoms with Gasteiger partial charge < -0.3 is 10.6 Å². The fourth-order valence-electron chi connectivity index (χ4n) is 1.95. The SMILES string of the molecule is O=C(NC[C@H]1CCNC1)C1CCC1. The van der Waals surface area contributed by atoms with E-state index >= 15 is 0 Å². The van der Waals surface area contributed by atoms with Crippen LogP contribution in [0.3, 0.4) is 0 Å². The van der Waals surface area contributed by atoms with E-state index in [1.54, 1.807) is 0 Å². The first-order valence-corrected chi connectivity index (χ1v) is 5.34. The van der Waals surface area contributed by atoms with Crippen molar-refractivity contribution in [2.45, 2.75) is 25.7 Å². The maximum atomic E-state index is 11.5. The zero-order chi connectivity index (χ0) is 9.10. The van der Waals surface area contributed by atoms with Gasteiger partial charge in [0.1, 0.15) is 0 Å². The fourth-order valence-corrected chi connectivity index (χ4v) is 1.95. The lowest BCUT2D eigenvalue weighted by Crippen LogP contribution is -2.37. The highest BCUT2D eigenvalue weighted by Gasteiger charge is 2.25. The van der Waals surface area contributed by atoms with Gasteiger partial charge in [0, 0.05) is 12.5 Å². The Kier molecular flexibility index (Phi) is 2.83. The molecule has 74 valence electrons. The maximum absolute atomic E-state index is 11.5. The third kappa shape index (κ3) is 2.21. The van der Waals surface area contributed by atoms with E-state index in [0.29, 0.717) is 11.8 Å². The Morgan fingerprint density at radius 2 is 2.23 bits per heavy atom.